The molecule has 0 saturated heterocycles. The molecule has 0 fully saturated rings. The molecule has 0 bridgehead atoms. The number of alkyl halides is 7. The number of halogens is 7. The third-order valence-electron chi connectivity index (χ3n) is 0.864. The summed E-state index contributed by atoms with van der Waals surface area (Å²) in [5.41, 5.74) is 0. The van der Waals surface area contributed by atoms with E-state index in [1.165, 1.54) is 0 Å². The number of hydrogen-bond donors (Lipinski definition) is 0. The van der Waals surface area contributed by atoms with Gasteiger partial charge < -0.3 is 0 Å². The second-order valence-electron chi connectivity index (χ2n) is 1.74. The van der Waals surface area contributed by atoms with Crippen molar-refractivity contribution in [1.82, 2.24) is 0 Å². The van der Waals surface area contributed by atoms with Gasteiger partial charge in [-0.15, -0.1) is 0 Å². The summed E-state index contributed by atoms with van der Waals surface area (Å²) < 4.78 is 56.7. The van der Waals surface area contributed by atoms with Crippen LogP contribution < -0.4 is 0 Å². The van der Waals surface area contributed by atoms with Crippen LogP contribution in [0.2, 0.25) is 0 Å². The van der Waals surface area contributed by atoms with Crippen LogP contribution in [0.15, 0.2) is 0 Å². The van der Waals surface area contributed by atoms with Crippen LogP contribution in [0, 0.1) is 0 Å². The van der Waals surface area contributed by atoms with Gasteiger partial charge in [0.1, 0.15) is 3.74 Å². The molecule has 0 spiro atoms. The lowest BCUT2D eigenvalue weighted by molar-refractivity contribution is -0.267. The molecule has 8 heteroatoms. The first-order valence-electron chi connectivity index (χ1n) is 2.37. The van der Waals surface area contributed by atoms with Crippen molar-refractivity contribution in [3.05, 3.63) is 0 Å². The smallest absolute Gasteiger partial charge is 0.290 e. The molecule has 0 aromatic heterocycles. The topological polar surface area (TPSA) is 17.1 Å². The average Bonchev–Trinajstić information content (AvgIpc) is 1.83. The predicted octanol–water partition coefficient (Wildman–Crippen LogP) is 2.87. The normalized spacial score (nSPS) is 13.7. The van der Waals surface area contributed by atoms with Gasteiger partial charge in [0.15, 0.2) is 0 Å². The van der Waals surface area contributed by atoms with Gasteiger partial charge >= 0.3 is 12.1 Å². The summed E-state index contributed by atoms with van der Waals surface area (Å²) in [5.74, 6) is -7.58. The first kappa shape index (κ1) is 12.3. The maximum absolute atomic E-state index is 12.0. The van der Waals surface area contributed by atoms with Crippen molar-refractivity contribution < 1.29 is 26.7 Å². The van der Waals surface area contributed by atoms with Gasteiger partial charge in [0.05, 0.1) is 0 Å². The van der Waals surface area contributed by atoms with E-state index in [-0.39, 0.29) is 0 Å². The van der Waals surface area contributed by atoms with E-state index in [9.17, 15) is 26.7 Å². The van der Waals surface area contributed by atoms with Crippen LogP contribution in [0.25, 0.3) is 0 Å². The Labute approximate surface area is 80.6 Å². The molecule has 0 rings (SSSR count). The van der Waals surface area contributed by atoms with Crippen LogP contribution in [-0.2, 0) is 4.79 Å². The lowest BCUT2D eigenvalue weighted by Crippen LogP contribution is -2.46. The fraction of sp³-hybridized carbons (Fsp3) is 0.750. The molecule has 0 radical (unpaired) electrons. The van der Waals surface area contributed by atoms with E-state index in [0.29, 0.717) is 0 Å². The van der Waals surface area contributed by atoms with E-state index < -0.39 is 21.6 Å². The molecule has 0 aliphatic rings. The van der Waals surface area contributed by atoms with Gasteiger partial charge in [-0.1, -0.05) is 31.9 Å². The molecule has 0 heterocycles. The van der Waals surface area contributed by atoms with E-state index in [1.54, 1.807) is 0 Å². The van der Waals surface area contributed by atoms with Crippen LogP contribution in [0.4, 0.5) is 22.0 Å². The quantitative estimate of drug-likeness (QED) is 0.565. The second-order valence-corrected chi connectivity index (χ2v) is 4.80. The molecular weight excluding hydrogens is 319 g/mol. The van der Waals surface area contributed by atoms with Gasteiger partial charge in [0.2, 0.25) is 5.78 Å². The maximum Gasteiger partial charge on any atom is 0.461 e. The number of hydrogen-bond acceptors (Lipinski definition) is 1. The van der Waals surface area contributed by atoms with Crippen LogP contribution in [0.3, 0.4) is 0 Å². The van der Waals surface area contributed by atoms with Gasteiger partial charge in [-0.2, -0.15) is 22.0 Å². The number of carbonyl (C=O) groups excluding carboxylic acids is 1. The van der Waals surface area contributed by atoms with E-state index in [2.05, 4.69) is 31.9 Å². The van der Waals surface area contributed by atoms with E-state index >= 15 is 0 Å². The average molecular weight is 320 g/mol. The van der Waals surface area contributed by atoms with Crippen molar-refractivity contribution in [3.8, 4) is 0 Å². The highest BCUT2D eigenvalue weighted by atomic mass is 79.9. The van der Waals surface area contributed by atoms with Crippen molar-refractivity contribution in [3.63, 3.8) is 0 Å². The zero-order chi connectivity index (χ0) is 10.2. The lowest BCUT2D eigenvalue weighted by Gasteiger charge is -2.18. The number of rotatable bonds is 2. The van der Waals surface area contributed by atoms with Crippen LogP contribution >= 0.6 is 31.9 Å². The Kier molecular flexibility index (Phi) is 3.65. The highest BCUT2D eigenvalue weighted by Crippen LogP contribution is 2.38. The second kappa shape index (κ2) is 3.57. The standard InChI is InChI=1S/C4HBr2F5O/c5-2(6)1(12)3(7,8)4(9,10)11/h2H. The third kappa shape index (κ3) is 2.38. The molecule has 0 aromatic rings. The van der Waals surface area contributed by atoms with Gasteiger partial charge in [0, 0.05) is 0 Å². The summed E-state index contributed by atoms with van der Waals surface area (Å²) in [7, 11) is 0. The summed E-state index contributed by atoms with van der Waals surface area (Å²) in [4.78, 5) is 10.2. The lowest BCUT2D eigenvalue weighted by atomic mass is 10.2. The molecule has 1 nitrogen and oxygen atoms in total. The van der Waals surface area contributed by atoms with E-state index in [1.807, 2.05) is 0 Å². The molecule has 0 aromatic carbocycles. The van der Waals surface area contributed by atoms with Crippen molar-refractivity contribution in [2.24, 2.45) is 0 Å². The first-order chi connectivity index (χ1) is 5.10. The summed E-state index contributed by atoms with van der Waals surface area (Å²) in [6, 6.07) is 0. The molecule has 0 atom stereocenters. The molecule has 0 unspecified atom stereocenters. The van der Waals surface area contributed by atoms with Crippen molar-refractivity contribution in [2.75, 3.05) is 0 Å². The summed E-state index contributed by atoms with van der Waals surface area (Å²) in [6.07, 6.45) is -5.84. The minimum Gasteiger partial charge on any atom is -0.290 e. The molecule has 12 heavy (non-hydrogen) atoms. The van der Waals surface area contributed by atoms with Crippen LogP contribution in [0.1, 0.15) is 0 Å². The van der Waals surface area contributed by atoms with Crippen LogP contribution in [-0.4, -0.2) is 21.6 Å². The Morgan fingerprint density at radius 2 is 1.42 bits per heavy atom. The monoisotopic (exact) mass is 318 g/mol. The number of ketones is 1. The van der Waals surface area contributed by atoms with Gasteiger partial charge in [-0.3, -0.25) is 4.79 Å². The Bertz CT molecular complexity index is 186. The number of carbonyl (C=O) groups is 1. The summed E-state index contributed by atoms with van der Waals surface area (Å²) in [5, 5.41) is 0. The maximum atomic E-state index is 12.0. The molecule has 0 aliphatic heterocycles. The summed E-state index contributed by atoms with van der Waals surface area (Å²) >= 11 is 4.51. The molecule has 0 saturated carbocycles. The first-order valence-corrected chi connectivity index (χ1v) is 4.21. The number of Topliss-reactive ketones (excluding diaryl/α,β-unsaturated/α-hetero) is 1. The zero-order valence-corrected chi connectivity index (χ0v) is 8.30. The van der Waals surface area contributed by atoms with Gasteiger partial charge in [-0.05, 0) is 0 Å². The van der Waals surface area contributed by atoms with E-state index in [4.69, 9.17) is 0 Å². The largest absolute Gasteiger partial charge is 0.461 e. The Balaban J connectivity index is 4.74. The Hall–Kier alpha value is 0.280. The fourth-order valence-electron chi connectivity index (χ4n) is 0.277. The Morgan fingerprint density at radius 1 is 1.08 bits per heavy atom. The van der Waals surface area contributed by atoms with E-state index in [0.717, 1.165) is 0 Å². The van der Waals surface area contributed by atoms with Crippen molar-refractivity contribution in [1.29, 1.82) is 0 Å². The highest BCUT2D eigenvalue weighted by Gasteiger charge is 2.63. The van der Waals surface area contributed by atoms with Gasteiger partial charge in [-0.25, -0.2) is 0 Å². The minimum atomic E-state index is -5.84. The molecule has 0 aliphatic carbocycles. The molecule has 0 amide bonds. The third-order valence-corrected chi connectivity index (χ3v) is 1.70. The molecule has 0 N–H and O–H groups in total. The fourth-order valence-corrected chi connectivity index (χ4v) is 0.852. The van der Waals surface area contributed by atoms with Crippen LogP contribution in [0.5, 0.6) is 0 Å². The summed E-state index contributed by atoms with van der Waals surface area (Å²) in [6.45, 7) is 0. The predicted molar refractivity (Wildman–Crippen MR) is 37.7 cm³/mol. The van der Waals surface area contributed by atoms with Crippen molar-refractivity contribution >= 4 is 37.6 Å². The Morgan fingerprint density at radius 3 is 1.50 bits per heavy atom. The molecular formula is C4HBr2F5O. The minimum absolute atomic E-state index is 1.71. The van der Waals surface area contributed by atoms with Crippen molar-refractivity contribution in [2.45, 2.75) is 15.8 Å². The molecule has 72 valence electrons. The SMILES string of the molecule is O=C(C(Br)Br)C(F)(F)C(F)(F)F. The van der Waals surface area contributed by atoms with Gasteiger partial charge in [0.25, 0.3) is 0 Å². The highest BCUT2D eigenvalue weighted by molar-refractivity contribution is 9.25. The zero-order valence-electron chi connectivity index (χ0n) is 5.13.